The van der Waals surface area contributed by atoms with Gasteiger partial charge in [0.25, 0.3) is 5.91 Å². The summed E-state index contributed by atoms with van der Waals surface area (Å²) in [6.07, 6.45) is 3.28. The van der Waals surface area contributed by atoms with Crippen molar-refractivity contribution in [2.24, 2.45) is 45.7 Å². The molecule has 370 valence electrons. The van der Waals surface area contributed by atoms with Crippen LogP contribution in [-0.2, 0) is 47.9 Å². The average Bonchev–Trinajstić information content (AvgIpc) is 4.04. The highest BCUT2D eigenvalue weighted by Gasteiger charge is 2.45. The molecular weight excluding hydrogens is 859 g/mol. The number of carbonyl (C=O) groups excluding carboxylic acids is 10. The van der Waals surface area contributed by atoms with Crippen molar-refractivity contribution in [3.8, 4) is 0 Å². The third-order valence-corrected chi connectivity index (χ3v) is 12.1. The van der Waals surface area contributed by atoms with Crippen LogP contribution in [0.2, 0.25) is 0 Å². The number of guanidine groups is 1. The summed E-state index contributed by atoms with van der Waals surface area (Å²) < 4.78 is 0. The van der Waals surface area contributed by atoms with E-state index in [2.05, 4.69) is 31.6 Å². The fourth-order valence-corrected chi connectivity index (χ4v) is 8.40. The van der Waals surface area contributed by atoms with Crippen molar-refractivity contribution in [3.05, 3.63) is 0 Å². The Morgan fingerprint density at radius 1 is 0.712 bits per heavy atom. The molecule has 0 aromatic rings. The van der Waals surface area contributed by atoms with Crippen molar-refractivity contribution in [3.63, 3.8) is 0 Å². The van der Waals surface area contributed by atoms with Crippen LogP contribution in [0.25, 0.3) is 0 Å². The number of hydrogen-bond donors (Lipinski definition) is 9. The maximum absolute atomic E-state index is 13.8. The van der Waals surface area contributed by atoms with Gasteiger partial charge in [-0.25, -0.2) is 0 Å². The van der Waals surface area contributed by atoms with E-state index in [1.54, 1.807) is 13.8 Å². The van der Waals surface area contributed by atoms with Gasteiger partial charge >= 0.3 is 0 Å². The summed E-state index contributed by atoms with van der Waals surface area (Å²) in [7, 11) is 0. The van der Waals surface area contributed by atoms with Crippen LogP contribution >= 0.6 is 0 Å². The zero-order valence-electron chi connectivity index (χ0n) is 39.3. The molecule has 3 rings (SSSR count). The van der Waals surface area contributed by atoms with Gasteiger partial charge in [-0.05, 0) is 75.5 Å². The molecule has 3 aliphatic rings. The molecule has 0 radical (unpaired) electrons. The molecule has 3 fully saturated rings. The Kier molecular flexibility index (Phi) is 21.2. The number of nitrogens with two attached hydrogens (primary N) is 4. The SMILES string of the molecule is CC[C@H](C)[C@H](NC(=O)[C@@H]1CCCN1C(=O)CNC(=O)[C@H](CC(C)C)NC(=O)CNC(=O)[C@@H]1CCCN1C(=O)[C@H](CC(C)C)NC(=O)[C@@H](N)CCCN=C(N)N)C(=O)N1C(=O)CC[C@H]1C(N)=O. The highest BCUT2D eigenvalue weighted by molar-refractivity contribution is 6.05. The first-order valence-electron chi connectivity index (χ1n) is 23.1. The van der Waals surface area contributed by atoms with Crippen molar-refractivity contribution in [2.45, 2.75) is 154 Å². The summed E-state index contributed by atoms with van der Waals surface area (Å²) in [5.74, 6) is -6.83. The number of likely N-dealkylation sites (tertiary alicyclic amines) is 3. The smallest absolute Gasteiger partial charge is 0.252 e. The Balaban J connectivity index is 1.58. The van der Waals surface area contributed by atoms with Gasteiger partial charge in [-0.2, -0.15) is 0 Å². The highest BCUT2D eigenvalue weighted by Crippen LogP contribution is 2.24. The van der Waals surface area contributed by atoms with Crippen molar-refractivity contribution in [2.75, 3.05) is 32.7 Å². The predicted molar refractivity (Wildman–Crippen MR) is 242 cm³/mol. The maximum atomic E-state index is 13.8. The second-order valence-corrected chi connectivity index (χ2v) is 18.3. The van der Waals surface area contributed by atoms with Gasteiger partial charge < -0.3 is 59.3 Å². The van der Waals surface area contributed by atoms with Crippen molar-refractivity contribution < 1.29 is 47.9 Å². The van der Waals surface area contributed by atoms with Crippen LogP contribution in [0.1, 0.15) is 112 Å². The molecular formula is C43H73N13O10. The van der Waals surface area contributed by atoms with Crippen LogP contribution < -0.4 is 49.5 Å². The lowest BCUT2D eigenvalue weighted by atomic mass is 9.96. The Bertz CT molecular complexity index is 1820. The third-order valence-electron chi connectivity index (χ3n) is 12.1. The summed E-state index contributed by atoms with van der Waals surface area (Å²) in [6, 6.07) is -7.13. The van der Waals surface area contributed by atoms with Gasteiger partial charge in [0.15, 0.2) is 5.96 Å². The third kappa shape index (κ3) is 15.6. The first-order valence-corrected chi connectivity index (χ1v) is 23.1. The average molecular weight is 932 g/mol. The molecule has 66 heavy (non-hydrogen) atoms. The fourth-order valence-electron chi connectivity index (χ4n) is 8.40. The predicted octanol–water partition coefficient (Wildman–Crippen LogP) is -2.82. The lowest BCUT2D eigenvalue weighted by molar-refractivity contribution is -0.150. The summed E-state index contributed by atoms with van der Waals surface area (Å²) >= 11 is 0. The lowest BCUT2D eigenvalue weighted by Gasteiger charge is -2.31. The zero-order chi connectivity index (χ0) is 49.4. The Morgan fingerprint density at radius 2 is 1.32 bits per heavy atom. The van der Waals surface area contributed by atoms with Gasteiger partial charge in [0.2, 0.25) is 53.2 Å². The topological polar surface area (TPSA) is 357 Å². The molecule has 3 aliphatic heterocycles. The largest absolute Gasteiger partial charge is 0.370 e. The van der Waals surface area contributed by atoms with Gasteiger partial charge in [0, 0.05) is 26.1 Å². The Labute approximate surface area is 386 Å². The monoisotopic (exact) mass is 932 g/mol. The van der Waals surface area contributed by atoms with E-state index < -0.39 is 120 Å². The van der Waals surface area contributed by atoms with Gasteiger partial charge in [-0.15, -0.1) is 0 Å². The normalized spacial score (nSPS) is 20.5. The zero-order valence-corrected chi connectivity index (χ0v) is 39.3. The van der Waals surface area contributed by atoms with Crippen molar-refractivity contribution in [1.29, 1.82) is 0 Å². The molecule has 0 aromatic carbocycles. The molecule has 23 nitrogen and oxygen atoms in total. The van der Waals surface area contributed by atoms with Crippen molar-refractivity contribution >= 4 is 65.0 Å². The van der Waals surface area contributed by atoms with Crippen LogP contribution in [0, 0.1) is 17.8 Å². The van der Waals surface area contributed by atoms with Crippen LogP contribution in [0.5, 0.6) is 0 Å². The summed E-state index contributed by atoms with van der Waals surface area (Å²) in [5.41, 5.74) is 22.2. The Hall–Kier alpha value is -5.87. The molecule has 0 aromatic heterocycles. The van der Waals surface area contributed by atoms with Gasteiger partial charge in [-0.1, -0.05) is 48.0 Å². The molecule has 8 atom stereocenters. The number of nitrogens with zero attached hydrogens (tertiary/aromatic N) is 4. The van der Waals surface area contributed by atoms with Gasteiger partial charge in [0.05, 0.1) is 19.1 Å². The number of hydrogen-bond acceptors (Lipinski definition) is 12. The minimum atomic E-state index is -1.17. The molecule has 13 N–H and O–H groups in total. The van der Waals surface area contributed by atoms with E-state index in [1.165, 1.54) is 9.80 Å². The molecule has 0 spiro atoms. The molecule has 3 heterocycles. The number of amides is 10. The highest BCUT2D eigenvalue weighted by atomic mass is 16.2. The molecule has 23 heteroatoms. The maximum Gasteiger partial charge on any atom is 0.252 e. The number of aliphatic imine (C=N–C) groups is 1. The molecule has 0 saturated carbocycles. The quantitative estimate of drug-likeness (QED) is 0.0268. The minimum Gasteiger partial charge on any atom is -0.370 e. The summed E-state index contributed by atoms with van der Waals surface area (Å²) in [4.78, 5) is 140. The molecule has 3 saturated heterocycles. The standard InChI is InChI=1S/C43H73N13O10/c1-7-25(6)35(42(66)56-29(36(45)60)14-15-33(56)58)53-40(64)31-13-9-17-54(31)34(59)22-50-38(62)27(19-23(2)3)51-32(57)21-49-39(63)30-12-10-18-55(30)41(65)28(20-24(4)5)52-37(61)26(44)11-8-16-48-43(46)47/h23-31,35H,7-22,44H2,1-6H3,(H2,45,60)(H,49,63)(H,50,62)(H,51,57)(H,52,61)(H,53,64)(H4,46,47,48)/t25-,26-,27-,28-,29-,30-,31-,35-/m0/s1. The van der Waals surface area contributed by atoms with E-state index in [9.17, 15) is 47.9 Å². The number of carbonyl (C=O) groups is 10. The van der Waals surface area contributed by atoms with Crippen LogP contribution in [0.4, 0.5) is 0 Å². The van der Waals surface area contributed by atoms with Crippen LogP contribution in [0.3, 0.4) is 0 Å². The first kappa shape index (κ1) is 54.5. The lowest BCUT2D eigenvalue weighted by Crippen LogP contribution is -2.59. The summed E-state index contributed by atoms with van der Waals surface area (Å²) in [6.45, 7) is 10.7. The van der Waals surface area contributed by atoms with E-state index in [0.717, 1.165) is 4.90 Å². The van der Waals surface area contributed by atoms with E-state index in [4.69, 9.17) is 22.9 Å². The molecule has 0 aliphatic carbocycles. The second-order valence-electron chi connectivity index (χ2n) is 18.3. The molecule has 0 bridgehead atoms. The molecule has 10 amide bonds. The minimum absolute atomic E-state index is 0.00911. The number of rotatable bonds is 24. The van der Waals surface area contributed by atoms with E-state index in [-0.39, 0.29) is 69.5 Å². The van der Waals surface area contributed by atoms with E-state index in [1.807, 2.05) is 27.7 Å². The van der Waals surface area contributed by atoms with Gasteiger partial charge in [0.1, 0.15) is 36.3 Å². The van der Waals surface area contributed by atoms with E-state index >= 15 is 0 Å². The second kappa shape index (κ2) is 25.7. The van der Waals surface area contributed by atoms with Crippen LogP contribution in [0.15, 0.2) is 4.99 Å². The summed E-state index contributed by atoms with van der Waals surface area (Å²) in [5, 5.41) is 13.2. The van der Waals surface area contributed by atoms with E-state index in [0.29, 0.717) is 38.5 Å². The van der Waals surface area contributed by atoms with Crippen LogP contribution in [-0.4, -0.2) is 155 Å². The number of nitrogens with one attached hydrogen (secondary N) is 5. The number of primary amides is 1. The number of imide groups is 1. The first-order chi connectivity index (χ1) is 31.1. The van der Waals surface area contributed by atoms with Gasteiger partial charge in [-0.3, -0.25) is 57.8 Å². The molecule has 0 unspecified atom stereocenters. The fraction of sp³-hybridized carbons (Fsp3) is 0.744. The van der Waals surface area contributed by atoms with Crippen molar-refractivity contribution in [1.82, 2.24) is 41.3 Å². The Morgan fingerprint density at radius 3 is 1.91 bits per heavy atom.